The second kappa shape index (κ2) is 8.95. The third kappa shape index (κ3) is 4.23. The molecule has 0 bridgehead atoms. The molecule has 1 amide bonds. The molecule has 0 spiro atoms. The molecular weight excluding hydrogens is 448 g/mol. The van der Waals surface area contributed by atoms with Crippen LogP contribution >= 0.6 is 15.9 Å². The maximum absolute atomic E-state index is 12.2. The van der Waals surface area contributed by atoms with E-state index >= 15 is 0 Å². The second-order valence-corrected chi connectivity index (χ2v) is 7.95. The largest absolute Gasteiger partial charge is 0.449 e. The van der Waals surface area contributed by atoms with Crippen molar-refractivity contribution in [3.63, 3.8) is 0 Å². The number of pyridine rings is 1. The van der Waals surface area contributed by atoms with E-state index < -0.39 is 18.3 Å². The SMILES string of the molecule is O=C(NCC(O)C(O)c1ccc(Br)nc1)OCC1c2ccccc2-c2ccccc21. The quantitative estimate of drug-likeness (QED) is 0.478. The molecule has 3 N–H and O–H groups in total. The van der Waals surface area contributed by atoms with Crippen molar-refractivity contribution in [3.05, 3.63) is 88.2 Å². The Hall–Kier alpha value is -2.74. The zero-order chi connectivity index (χ0) is 21.1. The summed E-state index contributed by atoms with van der Waals surface area (Å²) in [6.07, 6.45) is -1.53. The first-order chi connectivity index (χ1) is 14.5. The number of hydrogen-bond acceptors (Lipinski definition) is 5. The Morgan fingerprint density at radius 2 is 1.67 bits per heavy atom. The van der Waals surface area contributed by atoms with E-state index in [1.807, 2.05) is 36.4 Å². The van der Waals surface area contributed by atoms with Crippen molar-refractivity contribution < 1.29 is 19.7 Å². The summed E-state index contributed by atoms with van der Waals surface area (Å²) in [4.78, 5) is 16.2. The molecule has 0 saturated carbocycles. The van der Waals surface area contributed by atoms with Crippen molar-refractivity contribution in [1.82, 2.24) is 10.3 Å². The lowest BCUT2D eigenvalue weighted by atomic mass is 9.98. The molecule has 154 valence electrons. The van der Waals surface area contributed by atoms with E-state index in [4.69, 9.17) is 4.74 Å². The van der Waals surface area contributed by atoms with Crippen molar-refractivity contribution in [3.8, 4) is 11.1 Å². The Morgan fingerprint density at radius 1 is 1.03 bits per heavy atom. The molecule has 4 rings (SSSR count). The molecule has 1 aliphatic rings. The number of hydrogen-bond donors (Lipinski definition) is 3. The highest BCUT2D eigenvalue weighted by atomic mass is 79.9. The molecule has 0 saturated heterocycles. The minimum absolute atomic E-state index is 0.0347. The number of amides is 1. The Bertz CT molecular complexity index is 996. The number of alkyl carbamates (subject to hydrolysis) is 1. The number of ether oxygens (including phenoxy) is 1. The monoisotopic (exact) mass is 468 g/mol. The van der Waals surface area contributed by atoms with Crippen molar-refractivity contribution >= 4 is 22.0 Å². The standard InChI is InChI=1S/C23H21BrN2O4/c24-21-10-9-14(11-25-21)22(28)20(27)12-26-23(29)30-13-19-17-7-3-1-5-15(17)16-6-2-4-8-18(16)19/h1-11,19-20,22,27-28H,12-13H2,(H,26,29). The maximum Gasteiger partial charge on any atom is 0.407 e. The van der Waals surface area contributed by atoms with Crippen molar-refractivity contribution in [2.75, 3.05) is 13.2 Å². The van der Waals surface area contributed by atoms with E-state index in [1.165, 1.54) is 6.20 Å². The van der Waals surface area contributed by atoms with E-state index in [2.05, 4.69) is 38.4 Å². The van der Waals surface area contributed by atoms with E-state index in [0.29, 0.717) is 10.2 Å². The molecule has 1 aliphatic carbocycles. The lowest BCUT2D eigenvalue weighted by Crippen LogP contribution is -2.36. The summed E-state index contributed by atoms with van der Waals surface area (Å²) in [5.74, 6) is -0.0347. The van der Waals surface area contributed by atoms with Crippen LogP contribution in [0.15, 0.2) is 71.5 Å². The first-order valence-electron chi connectivity index (χ1n) is 9.61. The molecule has 2 aromatic carbocycles. The van der Waals surface area contributed by atoms with Gasteiger partial charge in [-0.25, -0.2) is 9.78 Å². The zero-order valence-corrected chi connectivity index (χ0v) is 17.6. The molecule has 0 radical (unpaired) electrons. The molecule has 1 aromatic heterocycles. The fourth-order valence-corrected chi connectivity index (χ4v) is 3.97. The first kappa shape index (κ1) is 20.5. The van der Waals surface area contributed by atoms with Gasteiger partial charge in [-0.3, -0.25) is 0 Å². The van der Waals surface area contributed by atoms with Gasteiger partial charge in [0.25, 0.3) is 0 Å². The van der Waals surface area contributed by atoms with E-state index in [9.17, 15) is 15.0 Å². The third-order valence-corrected chi connectivity index (χ3v) is 5.72. The van der Waals surface area contributed by atoms with Crippen LogP contribution < -0.4 is 5.32 Å². The number of rotatable bonds is 6. The molecular formula is C23H21BrN2O4. The van der Waals surface area contributed by atoms with Crippen LogP contribution in [0.3, 0.4) is 0 Å². The molecule has 30 heavy (non-hydrogen) atoms. The van der Waals surface area contributed by atoms with E-state index in [-0.39, 0.29) is 19.1 Å². The average molecular weight is 469 g/mol. The number of fused-ring (bicyclic) bond motifs is 3. The fourth-order valence-electron chi connectivity index (χ4n) is 3.73. The van der Waals surface area contributed by atoms with Crippen LogP contribution in [-0.4, -0.2) is 40.5 Å². The Kier molecular flexibility index (Phi) is 6.13. The lowest BCUT2D eigenvalue weighted by molar-refractivity contribution is 0.0183. The van der Waals surface area contributed by atoms with Gasteiger partial charge in [-0.1, -0.05) is 54.6 Å². The van der Waals surface area contributed by atoms with Crippen molar-refractivity contribution in [2.45, 2.75) is 18.1 Å². The van der Waals surface area contributed by atoms with Crippen molar-refractivity contribution in [2.24, 2.45) is 0 Å². The van der Waals surface area contributed by atoms with Gasteiger partial charge in [-0.15, -0.1) is 0 Å². The number of halogens is 1. The van der Waals surface area contributed by atoms with Crippen LogP contribution in [0.5, 0.6) is 0 Å². The summed E-state index contributed by atoms with van der Waals surface area (Å²) in [5, 5.41) is 22.9. The highest BCUT2D eigenvalue weighted by Crippen LogP contribution is 2.44. The number of aromatic nitrogens is 1. The number of aliphatic hydroxyl groups is 2. The summed E-state index contributed by atoms with van der Waals surface area (Å²) < 4.78 is 6.06. The average Bonchev–Trinajstić information content (AvgIpc) is 3.10. The Labute approximate surface area is 182 Å². The van der Waals surface area contributed by atoms with Gasteiger partial charge in [-0.05, 0) is 44.3 Å². The van der Waals surface area contributed by atoms with E-state index in [0.717, 1.165) is 22.3 Å². The Morgan fingerprint density at radius 3 is 2.27 bits per heavy atom. The molecule has 3 aromatic rings. The Balaban J connectivity index is 1.33. The predicted molar refractivity (Wildman–Crippen MR) is 116 cm³/mol. The summed E-state index contributed by atoms with van der Waals surface area (Å²) in [6.45, 7) is 0.0447. The topological polar surface area (TPSA) is 91.7 Å². The predicted octanol–water partition coefficient (Wildman–Crippen LogP) is 3.78. The molecule has 7 heteroatoms. The third-order valence-electron chi connectivity index (χ3n) is 5.26. The summed E-state index contributed by atoms with van der Waals surface area (Å²) >= 11 is 3.22. The smallest absolute Gasteiger partial charge is 0.407 e. The number of aliphatic hydroxyl groups excluding tert-OH is 2. The van der Waals surface area contributed by atoms with Crippen LogP contribution in [0.1, 0.15) is 28.7 Å². The van der Waals surface area contributed by atoms with Crippen molar-refractivity contribution in [1.29, 1.82) is 0 Å². The number of nitrogens with zero attached hydrogens (tertiary/aromatic N) is 1. The molecule has 6 nitrogen and oxygen atoms in total. The van der Waals surface area contributed by atoms with Gasteiger partial charge < -0.3 is 20.3 Å². The normalized spacial score (nSPS) is 14.5. The van der Waals surface area contributed by atoms with Gasteiger partial charge in [0.15, 0.2) is 0 Å². The number of carbonyl (C=O) groups is 1. The maximum atomic E-state index is 12.2. The van der Waals surface area contributed by atoms with Crippen LogP contribution in [-0.2, 0) is 4.74 Å². The van der Waals surface area contributed by atoms with Gasteiger partial charge in [0.2, 0.25) is 0 Å². The molecule has 0 fully saturated rings. The molecule has 1 heterocycles. The minimum atomic E-state index is -1.19. The van der Waals surface area contributed by atoms with Crippen LogP contribution in [0, 0.1) is 0 Å². The van der Waals surface area contributed by atoms with Gasteiger partial charge in [0, 0.05) is 24.2 Å². The zero-order valence-electron chi connectivity index (χ0n) is 16.0. The minimum Gasteiger partial charge on any atom is -0.449 e. The second-order valence-electron chi connectivity index (χ2n) is 7.13. The van der Waals surface area contributed by atoms with Crippen LogP contribution in [0.2, 0.25) is 0 Å². The van der Waals surface area contributed by atoms with Gasteiger partial charge in [-0.2, -0.15) is 0 Å². The summed E-state index contributed by atoms with van der Waals surface area (Å²) in [5.41, 5.74) is 5.03. The first-order valence-corrected chi connectivity index (χ1v) is 10.4. The molecule has 2 atom stereocenters. The summed E-state index contributed by atoms with van der Waals surface area (Å²) in [6, 6.07) is 19.5. The lowest BCUT2D eigenvalue weighted by Gasteiger charge is -2.19. The number of nitrogens with one attached hydrogen (secondary N) is 1. The molecule has 0 aliphatic heterocycles. The number of benzene rings is 2. The van der Waals surface area contributed by atoms with E-state index in [1.54, 1.807) is 12.1 Å². The highest BCUT2D eigenvalue weighted by Gasteiger charge is 2.29. The number of carbonyl (C=O) groups excluding carboxylic acids is 1. The summed E-state index contributed by atoms with van der Waals surface area (Å²) in [7, 11) is 0. The van der Waals surface area contributed by atoms with Gasteiger partial charge in [0.05, 0.1) is 0 Å². The van der Waals surface area contributed by atoms with Gasteiger partial charge >= 0.3 is 6.09 Å². The molecule has 2 unspecified atom stereocenters. The van der Waals surface area contributed by atoms with Gasteiger partial charge in [0.1, 0.15) is 23.4 Å². The highest BCUT2D eigenvalue weighted by molar-refractivity contribution is 9.10. The fraction of sp³-hybridized carbons (Fsp3) is 0.217. The van der Waals surface area contributed by atoms with Crippen LogP contribution in [0.4, 0.5) is 4.79 Å². The van der Waals surface area contributed by atoms with Crippen LogP contribution in [0.25, 0.3) is 11.1 Å².